The fraction of sp³-hybridized carbons (Fsp3) is 0.455. The van der Waals surface area contributed by atoms with E-state index in [0.717, 1.165) is 55.4 Å². The van der Waals surface area contributed by atoms with E-state index in [-0.39, 0.29) is 30.1 Å². The van der Waals surface area contributed by atoms with Crippen LogP contribution in [0.2, 0.25) is 0 Å². The van der Waals surface area contributed by atoms with Gasteiger partial charge in [0.25, 0.3) is 0 Å². The highest BCUT2D eigenvalue weighted by Crippen LogP contribution is 2.25. The number of benzene rings is 1. The molecule has 0 spiro atoms. The van der Waals surface area contributed by atoms with Crippen LogP contribution in [-0.4, -0.2) is 43.9 Å². The van der Waals surface area contributed by atoms with Crippen LogP contribution in [0.3, 0.4) is 0 Å². The highest BCUT2D eigenvalue weighted by atomic mass is 127. The van der Waals surface area contributed by atoms with Crippen molar-refractivity contribution in [2.75, 3.05) is 26.8 Å². The number of nitrogens with one attached hydrogen (secondary N) is 2. The van der Waals surface area contributed by atoms with Crippen molar-refractivity contribution in [3.8, 4) is 17.4 Å². The standard InChI is InChI=1S/C22H30N4O3.HI/c1-3-13-27-18-8-10-19(11-9-18)29-21-17(6-4-12-24-21)15-25-22(23-2)26-16-20-7-5-14-28-20;/h4,6,8-12,20H,3,5,7,13-16H2,1-2H3,(H2,23,25,26);1H. The molecule has 1 saturated heterocycles. The third-order valence-electron chi connectivity index (χ3n) is 4.55. The van der Waals surface area contributed by atoms with E-state index in [0.29, 0.717) is 19.0 Å². The molecule has 8 heteroatoms. The maximum absolute atomic E-state index is 5.99. The molecule has 1 aromatic carbocycles. The van der Waals surface area contributed by atoms with Gasteiger partial charge in [-0.15, -0.1) is 24.0 Å². The molecule has 2 N–H and O–H groups in total. The molecule has 0 aliphatic carbocycles. The van der Waals surface area contributed by atoms with Crippen molar-refractivity contribution in [3.63, 3.8) is 0 Å². The summed E-state index contributed by atoms with van der Waals surface area (Å²) in [4.78, 5) is 8.66. The molecule has 7 nitrogen and oxygen atoms in total. The molecule has 0 amide bonds. The van der Waals surface area contributed by atoms with Crippen molar-refractivity contribution in [1.82, 2.24) is 15.6 Å². The van der Waals surface area contributed by atoms with Crippen molar-refractivity contribution >= 4 is 29.9 Å². The summed E-state index contributed by atoms with van der Waals surface area (Å²) in [7, 11) is 1.76. The van der Waals surface area contributed by atoms with Crippen molar-refractivity contribution in [1.29, 1.82) is 0 Å². The van der Waals surface area contributed by atoms with Gasteiger partial charge < -0.3 is 24.8 Å². The summed E-state index contributed by atoms with van der Waals surface area (Å²) in [5.41, 5.74) is 0.943. The molecule has 2 aromatic rings. The predicted molar refractivity (Wildman–Crippen MR) is 129 cm³/mol. The zero-order chi connectivity index (χ0) is 20.3. The molecule has 2 heterocycles. The molecule has 1 fully saturated rings. The number of rotatable bonds is 9. The second-order valence-electron chi connectivity index (χ2n) is 6.83. The molecule has 0 saturated carbocycles. The third-order valence-corrected chi connectivity index (χ3v) is 4.55. The number of nitrogens with zero attached hydrogens (tertiary/aromatic N) is 2. The van der Waals surface area contributed by atoms with Crippen molar-refractivity contribution < 1.29 is 14.2 Å². The smallest absolute Gasteiger partial charge is 0.224 e. The van der Waals surface area contributed by atoms with Crippen LogP contribution >= 0.6 is 24.0 Å². The Labute approximate surface area is 195 Å². The molecule has 1 aliphatic rings. The van der Waals surface area contributed by atoms with Gasteiger partial charge in [-0.05, 0) is 49.6 Å². The first-order chi connectivity index (χ1) is 14.3. The van der Waals surface area contributed by atoms with Crippen LogP contribution in [0.25, 0.3) is 0 Å². The van der Waals surface area contributed by atoms with E-state index in [1.807, 2.05) is 36.4 Å². The Bertz CT molecular complexity index is 780. The lowest BCUT2D eigenvalue weighted by molar-refractivity contribution is 0.114. The molecule has 30 heavy (non-hydrogen) atoms. The normalized spacial score (nSPS) is 15.9. The quantitative estimate of drug-likeness (QED) is 0.291. The van der Waals surface area contributed by atoms with E-state index in [1.165, 1.54) is 0 Å². The van der Waals surface area contributed by atoms with Crippen molar-refractivity contribution in [2.45, 2.75) is 38.8 Å². The van der Waals surface area contributed by atoms with Crippen molar-refractivity contribution in [2.24, 2.45) is 4.99 Å². The number of ether oxygens (including phenoxy) is 3. The Kier molecular flexibility index (Phi) is 10.7. The van der Waals surface area contributed by atoms with E-state index >= 15 is 0 Å². The highest BCUT2D eigenvalue weighted by molar-refractivity contribution is 14.0. The fourth-order valence-corrected chi connectivity index (χ4v) is 3.00. The lowest BCUT2D eigenvalue weighted by atomic mass is 10.2. The van der Waals surface area contributed by atoms with Gasteiger partial charge in [0.05, 0.1) is 12.7 Å². The molecule has 1 aliphatic heterocycles. The number of aliphatic imine (C=N–C) groups is 1. The fourth-order valence-electron chi connectivity index (χ4n) is 3.00. The number of halogens is 1. The maximum Gasteiger partial charge on any atom is 0.224 e. The Balaban J connectivity index is 0.00000320. The number of pyridine rings is 1. The minimum Gasteiger partial charge on any atom is -0.494 e. The van der Waals surface area contributed by atoms with Gasteiger partial charge in [0.1, 0.15) is 11.5 Å². The lowest BCUT2D eigenvalue weighted by Crippen LogP contribution is -2.40. The molecule has 164 valence electrons. The molecule has 1 aromatic heterocycles. The first-order valence-corrected chi connectivity index (χ1v) is 10.2. The van der Waals surface area contributed by atoms with Crippen LogP contribution in [0.5, 0.6) is 17.4 Å². The average Bonchev–Trinajstić information content (AvgIpc) is 3.28. The summed E-state index contributed by atoms with van der Waals surface area (Å²) < 4.78 is 17.2. The van der Waals surface area contributed by atoms with E-state index in [1.54, 1.807) is 13.2 Å². The monoisotopic (exact) mass is 526 g/mol. The first-order valence-electron chi connectivity index (χ1n) is 10.2. The van der Waals surface area contributed by atoms with E-state index in [2.05, 4.69) is 27.5 Å². The summed E-state index contributed by atoms with van der Waals surface area (Å²) in [5.74, 6) is 2.85. The van der Waals surface area contributed by atoms with Gasteiger partial charge in [0.2, 0.25) is 5.88 Å². The average molecular weight is 526 g/mol. The zero-order valence-electron chi connectivity index (χ0n) is 17.6. The third kappa shape index (κ3) is 7.64. The second-order valence-corrected chi connectivity index (χ2v) is 6.83. The maximum atomic E-state index is 5.99. The first kappa shape index (κ1) is 24.2. The summed E-state index contributed by atoms with van der Waals surface area (Å²) in [6, 6.07) is 11.5. The van der Waals surface area contributed by atoms with Crippen LogP contribution in [0.15, 0.2) is 47.6 Å². The van der Waals surface area contributed by atoms with Gasteiger partial charge in [0, 0.05) is 38.5 Å². The molecule has 1 unspecified atom stereocenters. The van der Waals surface area contributed by atoms with E-state index < -0.39 is 0 Å². The SMILES string of the molecule is CCCOc1ccc(Oc2ncccc2CNC(=NC)NCC2CCCO2)cc1.I. The van der Waals surface area contributed by atoms with E-state index in [9.17, 15) is 0 Å². The van der Waals surface area contributed by atoms with Gasteiger partial charge in [-0.2, -0.15) is 0 Å². The minimum absolute atomic E-state index is 0. The molecular weight excluding hydrogens is 495 g/mol. The molecule has 0 radical (unpaired) electrons. The Morgan fingerprint density at radius 3 is 2.70 bits per heavy atom. The van der Waals surface area contributed by atoms with Gasteiger partial charge in [-0.25, -0.2) is 4.98 Å². The van der Waals surface area contributed by atoms with Crippen LogP contribution in [0.1, 0.15) is 31.7 Å². The largest absolute Gasteiger partial charge is 0.494 e. The number of hydrogen-bond donors (Lipinski definition) is 2. The molecule has 0 bridgehead atoms. The Hall–Kier alpha value is -2.07. The van der Waals surface area contributed by atoms with Gasteiger partial charge in [0.15, 0.2) is 5.96 Å². The van der Waals surface area contributed by atoms with Gasteiger partial charge >= 0.3 is 0 Å². The van der Waals surface area contributed by atoms with Crippen LogP contribution < -0.4 is 20.1 Å². The summed E-state index contributed by atoms with van der Waals surface area (Å²) in [5, 5.41) is 6.62. The molecule has 3 rings (SSSR count). The number of aromatic nitrogens is 1. The summed E-state index contributed by atoms with van der Waals surface area (Å²) in [6.07, 6.45) is 5.18. The predicted octanol–water partition coefficient (Wildman–Crippen LogP) is 4.12. The highest BCUT2D eigenvalue weighted by Gasteiger charge is 2.15. The Morgan fingerprint density at radius 1 is 1.20 bits per heavy atom. The summed E-state index contributed by atoms with van der Waals surface area (Å²) in [6.45, 7) is 4.94. The van der Waals surface area contributed by atoms with Crippen LogP contribution in [-0.2, 0) is 11.3 Å². The molecule has 1 atom stereocenters. The second kappa shape index (κ2) is 13.3. The van der Waals surface area contributed by atoms with Gasteiger partial charge in [-0.3, -0.25) is 4.99 Å². The topological polar surface area (TPSA) is 77.0 Å². The summed E-state index contributed by atoms with van der Waals surface area (Å²) >= 11 is 0. The Morgan fingerprint density at radius 2 is 2.00 bits per heavy atom. The molecular formula is C22H31IN4O3. The zero-order valence-corrected chi connectivity index (χ0v) is 19.9. The van der Waals surface area contributed by atoms with E-state index in [4.69, 9.17) is 14.2 Å². The minimum atomic E-state index is 0. The number of hydrogen-bond acceptors (Lipinski definition) is 5. The van der Waals surface area contributed by atoms with Gasteiger partial charge in [-0.1, -0.05) is 13.0 Å². The van der Waals surface area contributed by atoms with Crippen molar-refractivity contribution in [3.05, 3.63) is 48.2 Å². The van der Waals surface area contributed by atoms with Crippen LogP contribution in [0.4, 0.5) is 0 Å². The number of guanidine groups is 1. The lowest BCUT2D eigenvalue weighted by Gasteiger charge is -2.16. The van der Waals surface area contributed by atoms with Crippen LogP contribution in [0, 0.1) is 0 Å².